The van der Waals surface area contributed by atoms with Crippen molar-refractivity contribution in [3.8, 4) is 5.75 Å². The largest absolute Gasteiger partial charge is 0.496 e. The van der Waals surface area contributed by atoms with Crippen molar-refractivity contribution in [2.45, 2.75) is 33.9 Å². The first-order chi connectivity index (χ1) is 13.0. The Hall–Kier alpha value is -3.03. The summed E-state index contributed by atoms with van der Waals surface area (Å²) in [6.07, 6.45) is 0. The molecule has 2 N–H and O–H groups in total. The van der Waals surface area contributed by atoms with Gasteiger partial charge in [0.2, 0.25) is 5.89 Å². The summed E-state index contributed by atoms with van der Waals surface area (Å²) in [6.45, 7) is 7.36. The number of oxazole rings is 1. The van der Waals surface area contributed by atoms with Crippen molar-refractivity contribution < 1.29 is 18.7 Å². The van der Waals surface area contributed by atoms with Crippen molar-refractivity contribution in [2.24, 2.45) is 4.99 Å². The van der Waals surface area contributed by atoms with Gasteiger partial charge in [0.15, 0.2) is 5.96 Å². The van der Waals surface area contributed by atoms with E-state index in [4.69, 9.17) is 13.9 Å². The van der Waals surface area contributed by atoms with E-state index in [0.29, 0.717) is 36.3 Å². The standard InChI is InChI=1S/C19H26N4O4/c1-6-20-19(22-11-17-23-12(2)13(3)27-17)21-10-14-7-8-15(18(24)26-5)16(9-14)25-4/h7-9H,6,10-11H2,1-5H3,(H2,20,21,22). The molecule has 0 bridgehead atoms. The molecule has 27 heavy (non-hydrogen) atoms. The third-order valence-electron chi connectivity index (χ3n) is 3.92. The van der Waals surface area contributed by atoms with Gasteiger partial charge in [0.1, 0.15) is 17.1 Å². The maximum atomic E-state index is 11.7. The molecule has 0 saturated heterocycles. The Morgan fingerprint density at radius 2 is 2.04 bits per heavy atom. The van der Waals surface area contributed by atoms with Crippen LogP contribution in [-0.4, -0.2) is 37.7 Å². The van der Waals surface area contributed by atoms with Crippen molar-refractivity contribution in [1.29, 1.82) is 0 Å². The van der Waals surface area contributed by atoms with Crippen LogP contribution in [0.25, 0.3) is 0 Å². The molecule has 0 atom stereocenters. The number of aryl methyl sites for hydroxylation is 2. The molecule has 0 radical (unpaired) electrons. The first-order valence-corrected chi connectivity index (χ1v) is 8.68. The minimum absolute atomic E-state index is 0.382. The number of benzene rings is 1. The first kappa shape index (κ1) is 20.3. The summed E-state index contributed by atoms with van der Waals surface area (Å²) >= 11 is 0. The predicted molar refractivity (Wildman–Crippen MR) is 102 cm³/mol. The SMILES string of the molecule is CCNC(=NCc1ccc(C(=O)OC)c(OC)c1)NCc1nc(C)c(C)o1. The quantitative estimate of drug-likeness (QED) is 0.436. The molecule has 1 aromatic carbocycles. The van der Waals surface area contributed by atoms with Crippen molar-refractivity contribution in [3.05, 3.63) is 46.7 Å². The van der Waals surface area contributed by atoms with Crippen LogP contribution in [0.4, 0.5) is 0 Å². The number of methoxy groups -OCH3 is 2. The fourth-order valence-corrected chi connectivity index (χ4v) is 2.40. The second-order valence-corrected chi connectivity index (χ2v) is 5.82. The highest BCUT2D eigenvalue weighted by molar-refractivity contribution is 5.92. The van der Waals surface area contributed by atoms with Gasteiger partial charge in [0, 0.05) is 6.54 Å². The van der Waals surface area contributed by atoms with E-state index in [1.54, 1.807) is 12.1 Å². The zero-order valence-electron chi connectivity index (χ0n) is 16.4. The number of hydrogen-bond donors (Lipinski definition) is 2. The normalized spacial score (nSPS) is 11.2. The number of rotatable bonds is 7. The van der Waals surface area contributed by atoms with Gasteiger partial charge in [-0.05, 0) is 38.5 Å². The zero-order chi connectivity index (χ0) is 19.8. The van der Waals surface area contributed by atoms with Crippen molar-refractivity contribution in [1.82, 2.24) is 15.6 Å². The Morgan fingerprint density at radius 1 is 1.26 bits per heavy atom. The molecule has 0 aliphatic carbocycles. The molecule has 0 amide bonds. The molecule has 0 aliphatic rings. The molecular formula is C19H26N4O4. The molecule has 8 nitrogen and oxygen atoms in total. The molecule has 0 spiro atoms. The summed E-state index contributed by atoms with van der Waals surface area (Å²) in [5, 5.41) is 6.37. The number of guanidine groups is 1. The van der Waals surface area contributed by atoms with Crippen LogP contribution in [0.2, 0.25) is 0 Å². The lowest BCUT2D eigenvalue weighted by Crippen LogP contribution is -2.36. The van der Waals surface area contributed by atoms with Gasteiger partial charge in [-0.2, -0.15) is 0 Å². The summed E-state index contributed by atoms with van der Waals surface area (Å²) in [6, 6.07) is 5.27. The topological polar surface area (TPSA) is 98.0 Å². The van der Waals surface area contributed by atoms with Crippen LogP contribution in [0.15, 0.2) is 27.6 Å². The number of nitrogens with zero attached hydrogens (tertiary/aromatic N) is 2. The van der Waals surface area contributed by atoms with Gasteiger partial charge in [-0.3, -0.25) is 0 Å². The van der Waals surface area contributed by atoms with Crippen LogP contribution in [0, 0.1) is 13.8 Å². The maximum absolute atomic E-state index is 11.7. The summed E-state index contributed by atoms with van der Waals surface area (Å²) in [5.74, 6) is 2.08. The fourth-order valence-electron chi connectivity index (χ4n) is 2.40. The van der Waals surface area contributed by atoms with E-state index in [9.17, 15) is 4.79 Å². The molecule has 146 valence electrons. The summed E-state index contributed by atoms with van der Waals surface area (Å²) in [7, 11) is 2.85. The van der Waals surface area contributed by atoms with Gasteiger partial charge in [0.05, 0.1) is 33.0 Å². The van der Waals surface area contributed by atoms with Gasteiger partial charge in [0.25, 0.3) is 0 Å². The molecule has 0 saturated carbocycles. The Labute approximate surface area is 159 Å². The van der Waals surface area contributed by atoms with Gasteiger partial charge in [-0.1, -0.05) is 6.07 Å². The Morgan fingerprint density at radius 3 is 2.63 bits per heavy atom. The zero-order valence-corrected chi connectivity index (χ0v) is 16.4. The van der Waals surface area contributed by atoms with E-state index in [0.717, 1.165) is 23.6 Å². The smallest absolute Gasteiger partial charge is 0.341 e. The van der Waals surface area contributed by atoms with Gasteiger partial charge < -0.3 is 24.5 Å². The molecule has 1 aromatic heterocycles. The summed E-state index contributed by atoms with van der Waals surface area (Å²) < 4.78 is 15.6. The minimum Gasteiger partial charge on any atom is -0.496 e. The first-order valence-electron chi connectivity index (χ1n) is 8.68. The summed E-state index contributed by atoms with van der Waals surface area (Å²) in [5.41, 5.74) is 2.17. The average Bonchev–Trinajstić information content (AvgIpc) is 3.00. The third-order valence-corrected chi connectivity index (χ3v) is 3.92. The Bertz CT molecular complexity index is 795. The number of esters is 1. The van der Waals surface area contributed by atoms with E-state index in [1.165, 1.54) is 14.2 Å². The van der Waals surface area contributed by atoms with E-state index in [2.05, 4.69) is 20.6 Å². The second kappa shape index (κ2) is 9.61. The minimum atomic E-state index is -0.437. The number of nitrogens with one attached hydrogen (secondary N) is 2. The molecular weight excluding hydrogens is 348 g/mol. The fraction of sp³-hybridized carbons (Fsp3) is 0.421. The highest BCUT2D eigenvalue weighted by Gasteiger charge is 2.13. The Balaban J connectivity index is 2.08. The summed E-state index contributed by atoms with van der Waals surface area (Å²) in [4.78, 5) is 20.6. The third kappa shape index (κ3) is 5.47. The molecule has 0 fully saturated rings. The number of carbonyl (C=O) groups is 1. The number of carbonyl (C=O) groups excluding carboxylic acids is 1. The van der Waals surface area contributed by atoms with Gasteiger partial charge in [-0.25, -0.2) is 14.8 Å². The van der Waals surface area contributed by atoms with Gasteiger partial charge in [-0.15, -0.1) is 0 Å². The predicted octanol–water partition coefficient (Wildman–Crippen LogP) is 2.34. The molecule has 8 heteroatoms. The molecule has 2 rings (SSSR count). The van der Waals surface area contributed by atoms with Crippen molar-refractivity contribution in [3.63, 3.8) is 0 Å². The lowest BCUT2D eigenvalue weighted by Gasteiger charge is -2.11. The molecule has 0 aliphatic heterocycles. The number of ether oxygens (including phenoxy) is 2. The number of aliphatic imine (C=N–C) groups is 1. The molecule has 2 aromatic rings. The lowest BCUT2D eigenvalue weighted by molar-refractivity contribution is 0.0597. The van der Waals surface area contributed by atoms with Gasteiger partial charge >= 0.3 is 5.97 Å². The van der Waals surface area contributed by atoms with Crippen LogP contribution >= 0.6 is 0 Å². The van der Waals surface area contributed by atoms with E-state index in [1.807, 2.05) is 26.8 Å². The van der Waals surface area contributed by atoms with Crippen LogP contribution in [0.3, 0.4) is 0 Å². The van der Waals surface area contributed by atoms with E-state index in [-0.39, 0.29) is 0 Å². The monoisotopic (exact) mass is 374 g/mol. The number of aromatic nitrogens is 1. The molecule has 0 unspecified atom stereocenters. The number of hydrogen-bond acceptors (Lipinski definition) is 6. The Kier molecular flexibility index (Phi) is 7.22. The average molecular weight is 374 g/mol. The second-order valence-electron chi connectivity index (χ2n) is 5.82. The van der Waals surface area contributed by atoms with Crippen LogP contribution in [0.1, 0.15) is 40.2 Å². The van der Waals surface area contributed by atoms with Crippen LogP contribution in [-0.2, 0) is 17.8 Å². The maximum Gasteiger partial charge on any atom is 0.341 e. The molecule has 1 heterocycles. The van der Waals surface area contributed by atoms with E-state index >= 15 is 0 Å². The highest BCUT2D eigenvalue weighted by atomic mass is 16.5. The lowest BCUT2D eigenvalue weighted by atomic mass is 10.1. The van der Waals surface area contributed by atoms with Crippen molar-refractivity contribution in [2.75, 3.05) is 20.8 Å². The van der Waals surface area contributed by atoms with Crippen LogP contribution < -0.4 is 15.4 Å². The van der Waals surface area contributed by atoms with E-state index < -0.39 is 5.97 Å². The van der Waals surface area contributed by atoms with Crippen LogP contribution in [0.5, 0.6) is 5.75 Å². The van der Waals surface area contributed by atoms with Crippen molar-refractivity contribution >= 4 is 11.9 Å². The highest BCUT2D eigenvalue weighted by Crippen LogP contribution is 2.21.